The molecule has 2 heterocycles. The van der Waals surface area contributed by atoms with Crippen molar-refractivity contribution in [3.63, 3.8) is 0 Å². The van der Waals surface area contributed by atoms with Gasteiger partial charge in [-0.25, -0.2) is 9.97 Å². The van der Waals surface area contributed by atoms with Crippen LogP contribution in [-0.2, 0) is 7.05 Å². The summed E-state index contributed by atoms with van der Waals surface area (Å²) in [6.07, 6.45) is 1.54. The molecule has 0 aliphatic rings. The van der Waals surface area contributed by atoms with Gasteiger partial charge < -0.3 is 10.1 Å². The van der Waals surface area contributed by atoms with Gasteiger partial charge >= 0.3 is 0 Å². The highest BCUT2D eigenvalue weighted by Crippen LogP contribution is 2.29. The Morgan fingerprint density at radius 2 is 2.00 bits per heavy atom. The molecule has 0 saturated heterocycles. The molecule has 3 rings (SSSR count). The first-order valence-corrected chi connectivity index (χ1v) is 6.25. The molecule has 1 aromatic carbocycles. The first-order chi connectivity index (χ1) is 9.70. The Balaban J connectivity index is 2.11. The Bertz CT molecular complexity index is 765. The van der Waals surface area contributed by atoms with E-state index in [0.29, 0.717) is 5.82 Å². The highest BCUT2D eigenvalue weighted by atomic mass is 16.5. The van der Waals surface area contributed by atoms with Gasteiger partial charge in [-0.1, -0.05) is 12.1 Å². The van der Waals surface area contributed by atoms with Crippen LogP contribution in [0.1, 0.15) is 5.69 Å². The number of rotatable bonds is 3. The molecule has 6 heteroatoms. The summed E-state index contributed by atoms with van der Waals surface area (Å²) in [5.74, 6) is 1.47. The predicted octanol–water partition coefficient (Wildman–Crippen LogP) is 2.42. The van der Waals surface area contributed by atoms with Gasteiger partial charge in [-0.3, -0.25) is 4.68 Å². The molecule has 0 amide bonds. The molecule has 0 spiro atoms. The van der Waals surface area contributed by atoms with Crippen LogP contribution in [0.2, 0.25) is 0 Å². The lowest BCUT2D eigenvalue weighted by molar-refractivity contribution is 0.417. The van der Waals surface area contributed by atoms with E-state index >= 15 is 0 Å². The third kappa shape index (κ3) is 1.95. The fourth-order valence-corrected chi connectivity index (χ4v) is 2.24. The topological polar surface area (TPSA) is 64.9 Å². The molecule has 1 N–H and O–H groups in total. The van der Waals surface area contributed by atoms with E-state index in [2.05, 4.69) is 20.4 Å². The molecule has 0 bridgehead atoms. The Kier molecular flexibility index (Phi) is 2.98. The number of nitrogens with zero attached hydrogens (tertiary/aromatic N) is 4. The average Bonchev–Trinajstić information content (AvgIpc) is 2.76. The second kappa shape index (κ2) is 4.80. The molecule has 0 fully saturated rings. The predicted molar refractivity (Wildman–Crippen MR) is 77.3 cm³/mol. The maximum atomic E-state index is 5.34. The zero-order valence-corrected chi connectivity index (χ0v) is 11.6. The van der Waals surface area contributed by atoms with E-state index in [0.717, 1.165) is 28.2 Å². The second-order valence-electron chi connectivity index (χ2n) is 4.45. The number of anilines is 2. The maximum Gasteiger partial charge on any atom is 0.160 e. The van der Waals surface area contributed by atoms with Crippen LogP contribution in [0.3, 0.4) is 0 Å². The molecule has 2 aromatic heterocycles. The molecule has 0 saturated carbocycles. The number of nitrogens with one attached hydrogen (secondary N) is 1. The molecule has 102 valence electrons. The maximum absolute atomic E-state index is 5.34. The summed E-state index contributed by atoms with van der Waals surface area (Å²) in [5.41, 5.74) is 3.46. The van der Waals surface area contributed by atoms with E-state index in [1.54, 1.807) is 11.8 Å². The number of aryl methyl sites for hydroxylation is 2. The number of hydrogen-bond donors (Lipinski definition) is 1. The molecule has 0 atom stereocenters. The highest BCUT2D eigenvalue weighted by Gasteiger charge is 2.13. The highest BCUT2D eigenvalue weighted by molar-refractivity contribution is 5.89. The van der Waals surface area contributed by atoms with E-state index in [4.69, 9.17) is 4.74 Å². The van der Waals surface area contributed by atoms with E-state index in [1.807, 2.05) is 38.2 Å². The summed E-state index contributed by atoms with van der Waals surface area (Å²) < 4.78 is 7.12. The Morgan fingerprint density at radius 3 is 2.80 bits per heavy atom. The molecule has 0 unspecified atom stereocenters. The van der Waals surface area contributed by atoms with Gasteiger partial charge in [0.25, 0.3) is 0 Å². The van der Waals surface area contributed by atoms with E-state index in [1.165, 1.54) is 6.33 Å². The van der Waals surface area contributed by atoms with Crippen molar-refractivity contribution in [1.29, 1.82) is 0 Å². The lowest BCUT2D eigenvalue weighted by atomic mass is 10.3. The van der Waals surface area contributed by atoms with Crippen molar-refractivity contribution in [3.05, 3.63) is 36.3 Å². The minimum absolute atomic E-state index is 0.711. The minimum atomic E-state index is 0.711. The number of fused-ring (bicyclic) bond motifs is 1. The van der Waals surface area contributed by atoms with Gasteiger partial charge in [-0.2, -0.15) is 5.10 Å². The summed E-state index contributed by atoms with van der Waals surface area (Å²) in [6, 6.07) is 7.71. The second-order valence-corrected chi connectivity index (χ2v) is 4.45. The number of ether oxygens (including phenoxy) is 1. The number of para-hydroxylation sites is 2. The van der Waals surface area contributed by atoms with Crippen LogP contribution in [0.5, 0.6) is 5.75 Å². The zero-order chi connectivity index (χ0) is 14.1. The SMILES string of the molecule is COc1ccccc1Nc1ncnc2c(C)nn(C)c12. The molecule has 0 aliphatic carbocycles. The first kappa shape index (κ1) is 12.4. The van der Waals surface area contributed by atoms with E-state index < -0.39 is 0 Å². The van der Waals surface area contributed by atoms with Crippen molar-refractivity contribution in [2.45, 2.75) is 6.92 Å². The molecule has 6 nitrogen and oxygen atoms in total. The van der Waals surface area contributed by atoms with Crippen LogP contribution in [-0.4, -0.2) is 26.9 Å². The first-order valence-electron chi connectivity index (χ1n) is 6.25. The average molecular weight is 269 g/mol. The zero-order valence-electron chi connectivity index (χ0n) is 11.6. The third-order valence-corrected chi connectivity index (χ3v) is 3.15. The fraction of sp³-hybridized carbons (Fsp3) is 0.214. The van der Waals surface area contributed by atoms with Crippen LogP contribution in [0, 0.1) is 6.92 Å². The van der Waals surface area contributed by atoms with Crippen LogP contribution in [0.25, 0.3) is 11.0 Å². The van der Waals surface area contributed by atoms with Gasteiger partial charge in [-0.05, 0) is 19.1 Å². The van der Waals surface area contributed by atoms with Crippen LogP contribution in [0.15, 0.2) is 30.6 Å². The molecule has 20 heavy (non-hydrogen) atoms. The van der Waals surface area contributed by atoms with Gasteiger partial charge in [0.1, 0.15) is 23.1 Å². The third-order valence-electron chi connectivity index (χ3n) is 3.15. The molecular weight excluding hydrogens is 254 g/mol. The smallest absolute Gasteiger partial charge is 0.160 e. The number of benzene rings is 1. The summed E-state index contributed by atoms with van der Waals surface area (Å²) in [6.45, 7) is 1.93. The van der Waals surface area contributed by atoms with Gasteiger partial charge in [-0.15, -0.1) is 0 Å². The van der Waals surface area contributed by atoms with Crippen molar-refractivity contribution in [2.75, 3.05) is 12.4 Å². The lowest BCUT2D eigenvalue weighted by Gasteiger charge is -2.11. The van der Waals surface area contributed by atoms with Crippen molar-refractivity contribution in [3.8, 4) is 5.75 Å². The summed E-state index contributed by atoms with van der Waals surface area (Å²) in [5, 5.41) is 7.66. The van der Waals surface area contributed by atoms with Crippen LogP contribution < -0.4 is 10.1 Å². The Morgan fingerprint density at radius 1 is 1.20 bits per heavy atom. The van der Waals surface area contributed by atoms with Crippen molar-refractivity contribution in [1.82, 2.24) is 19.7 Å². The number of aromatic nitrogens is 4. The van der Waals surface area contributed by atoms with Crippen molar-refractivity contribution < 1.29 is 4.74 Å². The van der Waals surface area contributed by atoms with Crippen molar-refractivity contribution in [2.24, 2.45) is 7.05 Å². The molecular formula is C14H15N5O. The van der Waals surface area contributed by atoms with Gasteiger partial charge in [0.15, 0.2) is 5.82 Å². The Hall–Kier alpha value is -2.63. The lowest BCUT2D eigenvalue weighted by Crippen LogP contribution is -2.00. The monoisotopic (exact) mass is 269 g/mol. The number of methoxy groups -OCH3 is 1. The van der Waals surface area contributed by atoms with E-state index in [-0.39, 0.29) is 0 Å². The van der Waals surface area contributed by atoms with Gasteiger partial charge in [0, 0.05) is 7.05 Å². The van der Waals surface area contributed by atoms with Gasteiger partial charge in [0.05, 0.1) is 18.5 Å². The normalized spacial score (nSPS) is 10.8. The summed E-state index contributed by atoms with van der Waals surface area (Å²) in [7, 11) is 3.52. The van der Waals surface area contributed by atoms with E-state index in [9.17, 15) is 0 Å². The molecule has 0 aliphatic heterocycles. The molecule has 3 aromatic rings. The molecule has 0 radical (unpaired) electrons. The minimum Gasteiger partial charge on any atom is -0.495 e. The van der Waals surface area contributed by atoms with Crippen LogP contribution in [0.4, 0.5) is 11.5 Å². The van der Waals surface area contributed by atoms with Crippen molar-refractivity contribution >= 4 is 22.5 Å². The largest absolute Gasteiger partial charge is 0.495 e. The van der Waals surface area contributed by atoms with Gasteiger partial charge in [0.2, 0.25) is 0 Å². The summed E-state index contributed by atoms with van der Waals surface area (Å²) >= 11 is 0. The fourth-order valence-electron chi connectivity index (χ4n) is 2.24. The number of hydrogen-bond acceptors (Lipinski definition) is 5. The Labute approximate surface area is 116 Å². The standard InChI is InChI=1S/C14H15N5O/c1-9-12-13(19(2)18-9)14(16-8-15-12)17-10-6-4-5-7-11(10)20-3/h4-8H,1-3H3,(H,15,16,17). The summed E-state index contributed by atoms with van der Waals surface area (Å²) in [4.78, 5) is 8.59. The quantitative estimate of drug-likeness (QED) is 0.791. The van der Waals surface area contributed by atoms with Crippen LogP contribution >= 0.6 is 0 Å².